The van der Waals surface area contributed by atoms with Crippen LogP contribution >= 0.6 is 25.5 Å². The van der Waals surface area contributed by atoms with Crippen molar-refractivity contribution in [1.29, 1.82) is 0 Å². The van der Waals surface area contributed by atoms with E-state index in [4.69, 9.17) is 14.5 Å². The zero-order valence-corrected chi connectivity index (χ0v) is 31.6. The summed E-state index contributed by atoms with van der Waals surface area (Å²) in [6.07, 6.45) is 47.2. The van der Waals surface area contributed by atoms with Crippen LogP contribution in [0, 0.1) is 0 Å². The molecule has 0 saturated heterocycles. The predicted octanol–water partition coefficient (Wildman–Crippen LogP) is 13.3. The monoisotopic (exact) mass is 726 g/mol. The molecule has 246 valence electrons. The number of rotatable bonds is 7. The zero-order chi connectivity index (χ0) is 29.2. The van der Waals surface area contributed by atoms with E-state index in [2.05, 4.69) is 0 Å². The molecular weight excluding hydrogens is 659 g/mol. The summed E-state index contributed by atoms with van der Waals surface area (Å²) >= 11 is -0.469. The van der Waals surface area contributed by atoms with Crippen LogP contribution in [0.25, 0.3) is 0 Å². The van der Waals surface area contributed by atoms with Crippen LogP contribution in [-0.2, 0) is 20.9 Å². The van der Waals surface area contributed by atoms with E-state index in [1.54, 1.807) is 154 Å². The van der Waals surface area contributed by atoms with Crippen LogP contribution in [0.3, 0.4) is 0 Å². The molecule has 6 fully saturated rings. The van der Waals surface area contributed by atoms with Crippen molar-refractivity contribution in [3.63, 3.8) is 0 Å². The second-order valence-corrected chi connectivity index (χ2v) is 22.7. The minimum absolute atomic E-state index is 0.385. The average Bonchev–Trinajstić information content (AvgIpc) is 3.08. The molecule has 0 aliphatic heterocycles. The van der Waals surface area contributed by atoms with Gasteiger partial charge in [-0.15, -0.1) is 0 Å². The standard InChI is InChI=1S/2C18H33P.CHO.ClH.Ru/c2*1-4-10-16(11-5-1)19(17-12-6-2-7-13-17)18-14-8-3-9-15-18;1-2;;/h2*16-18H,1-15H2;1H;1H;/q;;;;+1/p-1. The van der Waals surface area contributed by atoms with Gasteiger partial charge in [0.25, 0.3) is 0 Å². The van der Waals surface area contributed by atoms with E-state index in [1.165, 1.54) is 72.5 Å². The van der Waals surface area contributed by atoms with Gasteiger partial charge in [0, 0.05) is 0 Å². The van der Waals surface area contributed by atoms with E-state index in [0.29, 0.717) is 15.8 Å². The van der Waals surface area contributed by atoms with Gasteiger partial charge in [0.1, 0.15) is 0 Å². The van der Waals surface area contributed by atoms with Crippen molar-refractivity contribution in [2.75, 3.05) is 0 Å². The van der Waals surface area contributed by atoms with Crippen molar-refractivity contribution in [2.24, 2.45) is 0 Å². The Balaban J connectivity index is 0.000000171. The summed E-state index contributed by atoms with van der Waals surface area (Å²) in [5.74, 6) is 0. The number of halogens is 1. The summed E-state index contributed by atoms with van der Waals surface area (Å²) in [7, 11) is 5.68. The SMILES string of the molecule is C1CCC(P(C2CCCCC2)C2CCCCC2)CC1.C1CCC(P(C2CCCCC2)C2CCCCC2)CC1.O=[CH][Ru][Cl]. The Hall–Kier alpha value is 1.44. The van der Waals surface area contributed by atoms with Crippen LogP contribution < -0.4 is 0 Å². The maximum atomic E-state index is 9.08. The van der Waals surface area contributed by atoms with Crippen molar-refractivity contribution in [2.45, 2.75) is 227 Å². The quantitative estimate of drug-likeness (QED) is 0.145. The third-order valence-electron chi connectivity index (χ3n) is 12.0. The molecule has 1 nitrogen and oxygen atoms in total. The third-order valence-corrected chi connectivity index (χ3v) is 20.7. The zero-order valence-electron chi connectivity index (χ0n) is 27.3. The minimum atomic E-state index is -0.469. The maximum absolute atomic E-state index is 9.08. The van der Waals surface area contributed by atoms with Gasteiger partial charge in [-0.25, -0.2) is 0 Å². The molecule has 6 aliphatic rings. The first-order valence-electron chi connectivity index (χ1n) is 19.0. The van der Waals surface area contributed by atoms with Gasteiger partial charge >= 0.3 is 35.5 Å². The van der Waals surface area contributed by atoms with E-state index in [-0.39, 0.29) is 0 Å². The first kappa shape index (κ1) is 36.3. The van der Waals surface area contributed by atoms with E-state index in [1.807, 2.05) is 0 Å². The molecule has 5 heteroatoms. The van der Waals surface area contributed by atoms with E-state index in [0.717, 1.165) is 4.88 Å². The van der Waals surface area contributed by atoms with Crippen molar-refractivity contribution >= 4 is 30.4 Å². The van der Waals surface area contributed by atoms with Gasteiger partial charge in [-0.2, -0.15) is 0 Å². The Labute approximate surface area is 276 Å². The second kappa shape index (κ2) is 22.1. The number of hydrogen-bond acceptors (Lipinski definition) is 1. The van der Waals surface area contributed by atoms with Gasteiger partial charge < -0.3 is 0 Å². The van der Waals surface area contributed by atoms with Gasteiger partial charge in [-0.05, 0) is 111 Å². The van der Waals surface area contributed by atoms with Crippen LogP contribution in [-0.4, -0.2) is 38.8 Å². The molecule has 0 unspecified atom stereocenters. The molecule has 0 aromatic carbocycles. The van der Waals surface area contributed by atoms with Gasteiger partial charge in [0.2, 0.25) is 0 Å². The normalized spacial score (nSPS) is 26.8. The second-order valence-electron chi connectivity index (χ2n) is 14.8. The first-order valence-corrected chi connectivity index (χ1v) is 25.4. The summed E-state index contributed by atoms with van der Waals surface area (Å²) in [4.78, 5) is 9.81. The molecule has 0 amide bonds. The first-order chi connectivity index (χ1) is 20.8. The average molecular weight is 726 g/mol. The van der Waals surface area contributed by atoms with Gasteiger partial charge in [-0.1, -0.05) is 131 Å². The Morgan fingerprint density at radius 1 is 0.357 bits per heavy atom. The van der Waals surface area contributed by atoms with Crippen LogP contribution in [0.15, 0.2) is 0 Å². The fourth-order valence-electron chi connectivity index (χ4n) is 10.1. The fraction of sp³-hybridized carbons (Fsp3) is 0.973. The van der Waals surface area contributed by atoms with Crippen molar-refractivity contribution in [1.82, 2.24) is 0 Å². The Morgan fingerprint density at radius 2 is 0.500 bits per heavy atom. The molecule has 0 atom stereocenters. The van der Waals surface area contributed by atoms with E-state index in [9.17, 15) is 0 Å². The molecule has 0 bridgehead atoms. The Morgan fingerprint density at radius 3 is 0.619 bits per heavy atom. The summed E-state index contributed by atoms with van der Waals surface area (Å²) in [6, 6.07) is 0. The van der Waals surface area contributed by atoms with E-state index < -0.39 is 16.1 Å². The molecule has 0 heterocycles. The molecule has 6 aliphatic carbocycles. The Kier molecular flexibility index (Phi) is 19.1. The fourth-order valence-corrected chi connectivity index (χ4v) is 19.4. The molecule has 0 aromatic rings. The summed E-state index contributed by atoms with van der Waals surface area (Å²) in [5.41, 5.74) is 7.14. The molecule has 0 aromatic heterocycles. The van der Waals surface area contributed by atoms with Gasteiger partial charge in [-0.3, -0.25) is 0 Å². The van der Waals surface area contributed by atoms with Crippen molar-refractivity contribution < 1.29 is 20.9 Å². The van der Waals surface area contributed by atoms with Gasteiger partial charge in [0.05, 0.1) is 0 Å². The molecule has 0 N–H and O–H groups in total. The molecule has 0 radical (unpaired) electrons. The number of hydrogen-bond donors (Lipinski definition) is 0. The molecule has 6 rings (SSSR count). The molecular formula is C37H67ClOP2Ru. The van der Waals surface area contributed by atoms with E-state index >= 15 is 0 Å². The molecule has 42 heavy (non-hydrogen) atoms. The topological polar surface area (TPSA) is 17.1 Å². The van der Waals surface area contributed by atoms with Crippen molar-refractivity contribution in [3.05, 3.63) is 0 Å². The summed E-state index contributed by atoms with van der Waals surface area (Å²) in [5, 5.41) is 0. The molecule has 0 spiro atoms. The predicted molar refractivity (Wildman–Crippen MR) is 188 cm³/mol. The molecule has 6 saturated carbocycles. The Bertz CT molecular complexity index is 534. The van der Waals surface area contributed by atoms with Crippen LogP contribution in [0.2, 0.25) is 0 Å². The van der Waals surface area contributed by atoms with Crippen LogP contribution in [0.1, 0.15) is 193 Å². The van der Waals surface area contributed by atoms with Crippen LogP contribution in [0.5, 0.6) is 0 Å². The number of carbonyl (C=O) groups excluding carboxylic acids is 1. The summed E-state index contributed by atoms with van der Waals surface area (Å²) < 4.78 is 0. The number of carbonyl (C=O) groups is 1. The summed E-state index contributed by atoms with van der Waals surface area (Å²) in [6.45, 7) is 0. The third kappa shape index (κ3) is 12.2. The van der Waals surface area contributed by atoms with Crippen LogP contribution in [0.4, 0.5) is 0 Å². The van der Waals surface area contributed by atoms with Crippen molar-refractivity contribution in [3.8, 4) is 0 Å². The van der Waals surface area contributed by atoms with Gasteiger partial charge in [0.15, 0.2) is 0 Å².